The lowest BCUT2D eigenvalue weighted by Crippen LogP contribution is -2.50. The smallest absolute Gasteiger partial charge is 0.241 e. The van der Waals surface area contributed by atoms with Crippen LogP contribution < -0.4 is 14.4 Å². The van der Waals surface area contributed by atoms with Gasteiger partial charge in [-0.3, -0.25) is 4.79 Å². The number of nitrogens with one attached hydrogen (secondary N) is 1. The monoisotopic (exact) mass is 370 g/mol. The first kappa shape index (κ1) is 18.1. The van der Waals surface area contributed by atoms with Crippen molar-refractivity contribution in [2.75, 3.05) is 38.4 Å². The quantitative estimate of drug-likeness (QED) is 0.830. The highest BCUT2D eigenvalue weighted by atomic mass is 32.2. The van der Waals surface area contributed by atoms with Gasteiger partial charge in [-0.2, -0.15) is 0 Å². The number of benzene rings is 1. The molecule has 0 spiro atoms. The minimum absolute atomic E-state index is 0.0726. The zero-order valence-electron chi connectivity index (χ0n) is 14.2. The molecule has 0 unspecified atom stereocenters. The largest absolute Gasteiger partial charge is 0.490 e. The Morgan fingerprint density at radius 1 is 1.36 bits per heavy atom. The summed E-state index contributed by atoms with van der Waals surface area (Å²) < 4.78 is 44.4. The predicted molar refractivity (Wildman–Crippen MR) is 90.3 cm³/mol. The van der Waals surface area contributed by atoms with E-state index in [1.807, 2.05) is 0 Å². The molecule has 138 valence electrons. The van der Waals surface area contributed by atoms with Crippen molar-refractivity contribution in [3.63, 3.8) is 0 Å². The van der Waals surface area contributed by atoms with Crippen LogP contribution in [-0.4, -0.2) is 59.9 Å². The molecular formula is C16H22N2O6S. The summed E-state index contributed by atoms with van der Waals surface area (Å²) in [6, 6.07) is 4.05. The molecule has 1 aromatic rings. The van der Waals surface area contributed by atoms with Crippen LogP contribution in [0.4, 0.5) is 5.69 Å². The van der Waals surface area contributed by atoms with Gasteiger partial charge in [0.2, 0.25) is 15.9 Å². The lowest BCUT2D eigenvalue weighted by molar-refractivity contribution is -0.116. The fraction of sp³-hybridized carbons (Fsp3) is 0.562. The van der Waals surface area contributed by atoms with Gasteiger partial charge in [0.1, 0.15) is 12.4 Å². The van der Waals surface area contributed by atoms with Crippen molar-refractivity contribution in [2.24, 2.45) is 0 Å². The van der Waals surface area contributed by atoms with Crippen LogP contribution in [0.2, 0.25) is 0 Å². The third-order valence-corrected chi connectivity index (χ3v) is 5.87. The van der Waals surface area contributed by atoms with Gasteiger partial charge in [-0.1, -0.05) is 0 Å². The summed E-state index contributed by atoms with van der Waals surface area (Å²) in [5, 5.41) is 0. The van der Waals surface area contributed by atoms with Crippen molar-refractivity contribution in [3.8, 4) is 5.75 Å². The standard InChI is InChI=1S/C16H22N2O6S/c1-11(19)18-6-8-24-16-4-3-12(9-14(16)18)25(20,21)17-13-10-23-7-5-15(13)22-2/h3-4,9,13,15,17H,5-8,10H2,1-2H3/t13-,15-/m1/s1. The third kappa shape index (κ3) is 3.79. The maximum absolute atomic E-state index is 12.8. The lowest BCUT2D eigenvalue weighted by Gasteiger charge is -2.31. The summed E-state index contributed by atoms with van der Waals surface area (Å²) in [6.45, 7) is 3.01. The normalized spacial score (nSPS) is 23.7. The Labute approximate surface area is 147 Å². The number of hydrogen-bond donors (Lipinski definition) is 1. The van der Waals surface area contributed by atoms with E-state index in [0.29, 0.717) is 37.6 Å². The first-order valence-corrected chi connectivity index (χ1v) is 9.58. The van der Waals surface area contributed by atoms with Gasteiger partial charge in [-0.15, -0.1) is 0 Å². The van der Waals surface area contributed by atoms with Gasteiger partial charge < -0.3 is 19.1 Å². The zero-order chi connectivity index (χ0) is 18.0. The summed E-state index contributed by atoms with van der Waals surface area (Å²) >= 11 is 0. The lowest BCUT2D eigenvalue weighted by atomic mass is 10.1. The van der Waals surface area contributed by atoms with E-state index in [4.69, 9.17) is 14.2 Å². The highest BCUT2D eigenvalue weighted by Gasteiger charge is 2.31. The molecule has 25 heavy (non-hydrogen) atoms. The predicted octanol–water partition coefficient (Wildman–Crippen LogP) is 0.514. The average Bonchev–Trinajstić information content (AvgIpc) is 2.60. The average molecular weight is 370 g/mol. The van der Waals surface area contributed by atoms with Gasteiger partial charge in [0.15, 0.2) is 0 Å². The topological polar surface area (TPSA) is 94.2 Å². The van der Waals surface area contributed by atoms with Crippen molar-refractivity contribution in [2.45, 2.75) is 30.4 Å². The summed E-state index contributed by atoms with van der Waals surface area (Å²) in [5.41, 5.74) is 0.463. The Bertz CT molecular complexity index is 751. The van der Waals surface area contributed by atoms with Gasteiger partial charge >= 0.3 is 0 Å². The number of hydrogen-bond acceptors (Lipinski definition) is 6. The number of nitrogens with zero attached hydrogens (tertiary/aromatic N) is 1. The molecule has 9 heteroatoms. The van der Waals surface area contributed by atoms with E-state index in [9.17, 15) is 13.2 Å². The molecule has 0 aliphatic carbocycles. The number of rotatable bonds is 4. The van der Waals surface area contributed by atoms with Crippen molar-refractivity contribution in [3.05, 3.63) is 18.2 Å². The fourth-order valence-electron chi connectivity index (χ4n) is 3.07. The molecule has 8 nitrogen and oxygen atoms in total. The molecule has 1 aromatic carbocycles. The molecule has 2 aliphatic heterocycles. The second-order valence-corrected chi connectivity index (χ2v) is 7.73. The van der Waals surface area contributed by atoms with Gasteiger partial charge in [0.05, 0.1) is 35.9 Å². The van der Waals surface area contributed by atoms with Crippen LogP contribution >= 0.6 is 0 Å². The maximum atomic E-state index is 12.8. The zero-order valence-corrected chi connectivity index (χ0v) is 15.0. The number of ether oxygens (including phenoxy) is 3. The van der Waals surface area contributed by atoms with E-state index in [1.165, 1.54) is 24.0 Å². The first-order chi connectivity index (χ1) is 11.9. The minimum atomic E-state index is -3.79. The van der Waals surface area contributed by atoms with Crippen molar-refractivity contribution in [1.29, 1.82) is 0 Å². The number of methoxy groups -OCH3 is 1. The molecular weight excluding hydrogens is 348 g/mol. The second kappa shape index (κ2) is 7.28. The number of sulfonamides is 1. The van der Waals surface area contributed by atoms with Crippen molar-refractivity contribution in [1.82, 2.24) is 4.72 Å². The number of anilines is 1. The number of carbonyl (C=O) groups excluding carboxylic acids is 1. The molecule has 0 saturated carbocycles. The summed E-state index contributed by atoms with van der Waals surface area (Å²) in [7, 11) is -2.24. The van der Waals surface area contributed by atoms with Crippen molar-refractivity contribution >= 4 is 21.6 Å². The Morgan fingerprint density at radius 2 is 2.16 bits per heavy atom. The van der Waals surface area contributed by atoms with Crippen LogP contribution in [0.5, 0.6) is 5.75 Å². The number of fused-ring (bicyclic) bond motifs is 1. The summed E-state index contributed by atoms with van der Waals surface area (Å²) in [4.78, 5) is 13.4. The fourth-order valence-corrected chi connectivity index (χ4v) is 4.34. The van der Waals surface area contributed by atoms with Crippen LogP contribution in [0.3, 0.4) is 0 Å². The third-order valence-electron chi connectivity index (χ3n) is 4.39. The molecule has 0 bridgehead atoms. The molecule has 1 saturated heterocycles. The van der Waals surface area contributed by atoms with E-state index in [0.717, 1.165) is 0 Å². The van der Waals surface area contributed by atoms with E-state index >= 15 is 0 Å². The van der Waals surface area contributed by atoms with Gasteiger partial charge in [0, 0.05) is 20.6 Å². The molecule has 3 rings (SSSR count). The Kier molecular flexibility index (Phi) is 5.28. The van der Waals surface area contributed by atoms with E-state index < -0.39 is 16.1 Å². The Morgan fingerprint density at radius 3 is 2.88 bits per heavy atom. The Balaban J connectivity index is 1.87. The van der Waals surface area contributed by atoms with Crippen molar-refractivity contribution < 1.29 is 27.4 Å². The SMILES string of the molecule is CO[C@@H]1CCOC[C@H]1NS(=O)(=O)c1ccc2c(c1)N(C(C)=O)CCO2. The van der Waals surface area contributed by atoms with Crippen LogP contribution in [0, 0.1) is 0 Å². The number of carbonyl (C=O) groups is 1. The van der Waals surface area contributed by atoms with Gasteiger partial charge in [-0.25, -0.2) is 13.1 Å². The van der Waals surface area contributed by atoms with E-state index in [1.54, 1.807) is 13.2 Å². The molecule has 2 atom stereocenters. The Hall–Kier alpha value is -1.68. The molecule has 2 aliphatic rings. The number of amides is 1. The molecule has 0 aromatic heterocycles. The molecule has 1 amide bonds. The van der Waals surface area contributed by atoms with Crippen LogP contribution in [0.1, 0.15) is 13.3 Å². The minimum Gasteiger partial charge on any atom is -0.490 e. The van der Waals surface area contributed by atoms with Crippen LogP contribution in [0.25, 0.3) is 0 Å². The van der Waals surface area contributed by atoms with E-state index in [-0.39, 0.29) is 23.5 Å². The van der Waals surface area contributed by atoms with Gasteiger partial charge in [-0.05, 0) is 24.6 Å². The van der Waals surface area contributed by atoms with Crippen LogP contribution in [-0.2, 0) is 24.3 Å². The van der Waals surface area contributed by atoms with E-state index in [2.05, 4.69) is 4.72 Å². The highest BCUT2D eigenvalue weighted by molar-refractivity contribution is 7.89. The molecule has 1 fully saturated rings. The summed E-state index contributed by atoms with van der Waals surface area (Å²) in [6.07, 6.45) is 0.387. The van der Waals surface area contributed by atoms with Crippen LogP contribution in [0.15, 0.2) is 23.1 Å². The van der Waals surface area contributed by atoms with Gasteiger partial charge in [0.25, 0.3) is 0 Å². The molecule has 2 heterocycles. The molecule has 1 N–H and O–H groups in total. The molecule has 0 radical (unpaired) electrons. The maximum Gasteiger partial charge on any atom is 0.241 e. The second-order valence-electron chi connectivity index (χ2n) is 6.01. The highest BCUT2D eigenvalue weighted by Crippen LogP contribution is 2.34. The first-order valence-electron chi connectivity index (χ1n) is 8.10. The summed E-state index contributed by atoms with van der Waals surface area (Å²) in [5.74, 6) is 0.336.